The van der Waals surface area contributed by atoms with Crippen molar-refractivity contribution in [1.82, 2.24) is 9.46 Å². The van der Waals surface area contributed by atoms with E-state index in [4.69, 9.17) is 9.78 Å². The fraction of sp³-hybridized carbons (Fsp3) is 0.190. The van der Waals surface area contributed by atoms with E-state index in [0.717, 1.165) is 16.3 Å². The van der Waals surface area contributed by atoms with Crippen molar-refractivity contribution in [2.75, 3.05) is 18.9 Å². The highest BCUT2D eigenvalue weighted by Crippen LogP contribution is 2.22. The van der Waals surface area contributed by atoms with Gasteiger partial charge in [0, 0.05) is 18.7 Å². The molecule has 0 spiro atoms. The molecule has 154 valence electrons. The van der Waals surface area contributed by atoms with Crippen molar-refractivity contribution in [3.63, 3.8) is 0 Å². The van der Waals surface area contributed by atoms with Gasteiger partial charge in [0.25, 0.3) is 0 Å². The second-order valence-corrected chi connectivity index (χ2v) is 8.62. The summed E-state index contributed by atoms with van der Waals surface area (Å²) >= 11 is 0. The fourth-order valence-corrected chi connectivity index (χ4v) is 3.85. The second kappa shape index (κ2) is 8.90. The van der Waals surface area contributed by atoms with Crippen molar-refractivity contribution < 1.29 is 17.7 Å². The Morgan fingerprint density at radius 3 is 2.43 bits per heavy atom. The lowest BCUT2D eigenvalue weighted by Crippen LogP contribution is -2.34. The number of nitrogens with one attached hydrogen (secondary N) is 1. The number of sulfonamides is 1. The van der Waals surface area contributed by atoms with Gasteiger partial charge in [0.2, 0.25) is 21.8 Å². The summed E-state index contributed by atoms with van der Waals surface area (Å²) in [5, 5.41) is 15.3. The molecule has 3 aromatic rings. The van der Waals surface area contributed by atoms with Crippen LogP contribution in [0.2, 0.25) is 0 Å². The van der Waals surface area contributed by atoms with Gasteiger partial charge in [0.15, 0.2) is 0 Å². The van der Waals surface area contributed by atoms with Crippen molar-refractivity contribution >= 4 is 21.8 Å². The number of likely N-dealkylation sites (N-methyl/N-ethyl adjacent to an activating group) is 1. The highest BCUT2D eigenvalue weighted by Gasteiger charge is 2.23. The normalized spacial score (nSPS) is 11.3. The maximum absolute atomic E-state index is 12.6. The van der Waals surface area contributed by atoms with Crippen LogP contribution >= 0.6 is 0 Å². The van der Waals surface area contributed by atoms with Gasteiger partial charge in [-0.3, -0.25) is 10.1 Å². The molecular weight excluding hydrogens is 404 g/mol. The minimum Gasteiger partial charge on any atom is -0.338 e. The van der Waals surface area contributed by atoms with Crippen LogP contribution < -0.4 is 5.32 Å². The first-order valence-electron chi connectivity index (χ1n) is 9.16. The van der Waals surface area contributed by atoms with Crippen molar-refractivity contribution in [1.29, 1.82) is 5.26 Å². The van der Waals surface area contributed by atoms with Gasteiger partial charge in [0.05, 0.1) is 23.1 Å². The Balaban J connectivity index is 1.64. The lowest BCUT2D eigenvalue weighted by molar-refractivity contribution is -0.116. The third kappa shape index (κ3) is 4.74. The number of hydrogen-bond acceptors (Lipinski definition) is 6. The molecule has 8 nitrogen and oxygen atoms in total. The zero-order chi connectivity index (χ0) is 21.7. The second-order valence-electron chi connectivity index (χ2n) is 6.57. The van der Waals surface area contributed by atoms with Gasteiger partial charge in [-0.15, -0.1) is 0 Å². The minimum absolute atomic E-state index is 0.00530. The molecule has 30 heavy (non-hydrogen) atoms. The standard InChI is InChI=1S/C21H20N4O4S/c1-3-15-4-8-17(9-5-15)19-12-21(29-24-19)23-20(26)14-25(2)30(27,28)18-10-6-16(13-22)7-11-18/h4-12H,3,14H2,1-2H3,(H,23,26). The predicted octanol–water partition coefficient (Wildman–Crippen LogP) is 3.03. The van der Waals surface area contributed by atoms with Crippen LogP contribution in [0, 0.1) is 11.3 Å². The van der Waals surface area contributed by atoms with Gasteiger partial charge in [-0.25, -0.2) is 8.42 Å². The van der Waals surface area contributed by atoms with Crippen molar-refractivity contribution in [2.24, 2.45) is 0 Å². The van der Waals surface area contributed by atoms with E-state index in [9.17, 15) is 13.2 Å². The molecule has 2 aromatic carbocycles. The molecule has 3 rings (SSSR count). The number of rotatable bonds is 7. The molecule has 0 bridgehead atoms. The van der Waals surface area contributed by atoms with E-state index in [2.05, 4.69) is 17.4 Å². The average Bonchev–Trinajstić information content (AvgIpc) is 3.22. The van der Waals surface area contributed by atoms with Gasteiger partial charge in [-0.1, -0.05) is 36.3 Å². The summed E-state index contributed by atoms with van der Waals surface area (Å²) in [7, 11) is -2.58. The van der Waals surface area contributed by atoms with Crippen LogP contribution in [0.5, 0.6) is 0 Å². The molecule has 1 amide bonds. The summed E-state index contributed by atoms with van der Waals surface area (Å²) in [5.41, 5.74) is 2.95. The van der Waals surface area contributed by atoms with E-state index in [1.165, 1.54) is 36.9 Å². The van der Waals surface area contributed by atoms with Gasteiger partial charge < -0.3 is 4.52 Å². The molecule has 1 heterocycles. The number of benzene rings is 2. The Kier molecular flexibility index (Phi) is 6.30. The third-order valence-corrected chi connectivity index (χ3v) is 6.31. The zero-order valence-electron chi connectivity index (χ0n) is 16.5. The molecule has 1 aromatic heterocycles. The number of nitriles is 1. The van der Waals surface area contributed by atoms with Crippen LogP contribution in [0.4, 0.5) is 5.88 Å². The molecule has 0 aliphatic carbocycles. The quantitative estimate of drug-likeness (QED) is 0.623. The SMILES string of the molecule is CCc1ccc(-c2cc(NC(=O)CN(C)S(=O)(=O)c3ccc(C#N)cc3)on2)cc1. The number of carbonyl (C=O) groups excluding carboxylic acids is 1. The summed E-state index contributed by atoms with van der Waals surface area (Å²) in [6, 6.07) is 16.8. The molecule has 0 atom stereocenters. The molecule has 0 aliphatic rings. The van der Waals surface area contributed by atoms with E-state index in [-0.39, 0.29) is 10.8 Å². The zero-order valence-corrected chi connectivity index (χ0v) is 17.3. The number of nitrogens with zero attached hydrogens (tertiary/aromatic N) is 3. The monoisotopic (exact) mass is 424 g/mol. The number of carbonyl (C=O) groups is 1. The van der Waals surface area contributed by atoms with Gasteiger partial charge in [0.1, 0.15) is 5.69 Å². The van der Waals surface area contributed by atoms with Gasteiger partial charge in [-0.05, 0) is 36.2 Å². The third-order valence-electron chi connectivity index (χ3n) is 4.49. The maximum Gasteiger partial charge on any atom is 0.243 e. The van der Waals surface area contributed by atoms with Crippen LogP contribution in [0.3, 0.4) is 0 Å². The molecular formula is C21H20N4O4S. The van der Waals surface area contributed by atoms with Gasteiger partial charge in [-0.2, -0.15) is 9.57 Å². The summed E-state index contributed by atoms with van der Waals surface area (Å²) in [6.45, 7) is 1.65. The summed E-state index contributed by atoms with van der Waals surface area (Å²) in [6.07, 6.45) is 0.930. The van der Waals surface area contributed by atoms with Crippen LogP contribution in [-0.2, 0) is 21.2 Å². The molecule has 0 saturated heterocycles. The fourth-order valence-electron chi connectivity index (χ4n) is 2.73. The molecule has 0 aliphatic heterocycles. The molecule has 1 N–H and O–H groups in total. The Labute approximate surface area is 174 Å². The Bertz CT molecular complexity index is 1180. The summed E-state index contributed by atoms with van der Waals surface area (Å²) < 4.78 is 31.2. The van der Waals surface area contributed by atoms with E-state index in [1.54, 1.807) is 6.07 Å². The highest BCUT2D eigenvalue weighted by molar-refractivity contribution is 7.89. The number of amides is 1. The summed E-state index contributed by atoms with van der Waals surface area (Å²) in [5.74, 6) is -0.447. The predicted molar refractivity (Wildman–Crippen MR) is 111 cm³/mol. The van der Waals surface area contributed by atoms with Crippen LogP contribution in [0.15, 0.2) is 64.0 Å². The number of aromatic nitrogens is 1. The molecule has 9 heteroatoms. The first-order chi connectivity index (χ1) is 14.3. The minimum atomic E-state index is -3.88. The molecule has 0 saturated carbocycles. The van der Waals surface area contributed by atoms with Gasteiger partial charge >= 0.3 is 0 Å². The lowest BCUT2D eigenvalue weighted by Gasteiger charge is -2.16. The highest BCUT2D eigenvalue weighted by atomic mass is 32.2. The van der Waals surface area contributed by atoms with Crippen molar-refractivity contribution in [3.8, 4) is 17.3 Å². The average molecular weight is 424 g/mol. The summed E-state index contributed by atoms with van der Waals surface area (Å²) in [4.78, 5) is 12.3. The van der Waals surface area contributed by atoms with Crippen LogP contribution in [0.1, 0.15) is 18.1 Å². The lowest BCUT2D eigenvalue weighted by atomic mass is 10.1. The smallest absolute Gasteiger partial charge is 0.243 e. The Morgan fingerprint density at radius 2 is 1.83 bits per heavy atom. The maximum atomic E-state index is 12.6. The van der Waals surface area contributed by atoms with E-state index in [1.807, 2.05) is 30.3 Å². The Hall–Kier alpha value is -3.48. The topological polar surface area (TPSA) is 116 Å². The van der Waals surface area contributed by atoms with E-state index >= 15 is 0 Å². The number of hydrogen-bond donors (Lipinski definition) is 1. The number of aryl methyl sites for hydroxylation is 1. The van der Waals surface area contributed by atoms with Crippen molar-refractivity contribution in [3.05, 3.63) is 65.7 Å². The van der Waals surface area contributed by atoms with E-state index < -0.39 is 22.5 Å². The van der Waals surface area contributed by atoms with E-state index in [0.29, 0.717) is 11.3 Å². The molecule has 0 fully saturated rings. The van der Waals surface area contributed by atoms with Crippen LogP contribution in [0.25, 0.3) is 11.3 Å². The number of anilines is 1. The van der Waals surface area contributed by atoms with Crippen molar-refractivity contribution in [2.45, 2.75) is 18.2 Å². The largest absolute Gasteiger partial charge is 0.338 e. The molecule has 0 radical (unpaired) electrons. The first-order valence-corrected chi connectivity index (χ1v) is 10.6. The first kappa shape index (κ1) is 21.2. The Morgan fingerprint density at radius 1 is 1.17 bits per heavy atom. The van der Waals surface area contributed by atoms with Crippen LogP contribution in [-0.4, -0.2) is 37.4 Å². The molecule has 0 unspecified atom stereocenters.